The SMILES string of the molecule is CCCN(OCC)C(=O)C1=Cc2ncc(-c3cncc(SCC(C)(S)COCC(C)(C)CN)c3)cc2N=C(N)C1. The van der Waals surface area contributed by atoms with Crippen LogP contribution in [-0.2, 0) is 14.4 Å². The van der Waals surface area contributed by atoms with Crippen molar-refractivity contribution >= 4 is 47.9 Å². The number of fused-ring (bicyclic) bond motifs is 1. The molecule has 11 heteroatoms. The van der Waals surface area contributed by atoms with Crippen LogP contribution in [0.3, 0.4) is 0 Å². The fourth-order valence-corrected chi connectivity index (χ4v) is 5.04. The van der Waals surface area contributed by atoms with E-state index < -0.39 is 0 Å². The molecule has 1 atom stereocenters. The molecule has 1 aliphatic rings. The standard InChI is InChI=1S/C29H42N6O3S2/c1-6-8-35(38-7-2)27(36)20-10-24-25(34-26(31)12-20)11-22(14-33-24)21-9-23(15-32-13-21)40-19-29(5,39)18-37-17-28(3,4)16-30/h9-11,13-15,39H,6-8,12,16-19,30H2,1-5H3,(H2,31,34). The van der Waals surface area contributed by atoms with Gasteiger partial charge in [-0.15, -0.1) is 11.8 Å². The van der Waals surface area contributed by atoms with Gasteiger partial charge in [0.1, 0.15) is 5.84 Å². The molecular formula is C29H42N6O3S2. The first kappa shape index (κ1) is 32.1. The average molecular weight is 587 g/mol. The minimum Gasteiger partial charge on any atom is -0.387 e. The number of nitrogens with zero attached hydrogens (tertiary/aromatic N) is 4. The topological polar surface area (TPSA) is 129 Å². The van der Waals surface area contributed by atoms with Crippen LogP contribution in [-0.4, -0.2) is 70.2 Å². The zero-order valence-electron chi connectivity index (χ0n) is 24.1. The molecule has 0 fully saturated rings. The van der Waals surface area contributed by atoms with Crippen LogP contribution in [0.5, 0.6) is 0 Å². The van der Waals surface area contributed by atoms with E-state index in [1.54, 1.807) is 30.2 Å². The van der Waals surface area contributed by atoms with Gasteiger partial charge in [-0.2, -0.15) is 12.6 Å². The number of aromatic nitrogens is 2. The molecule has 0 saturated carbocycles. The summed E-state index contributed by atoms with van der Waals surface area (Å²) < 4.78 is 5.60. The van der Waals surface area contributed by atoms with E-state index in [9.17, 15) is 4.79 Å². The van der Waals surface area contributed by atoms with Gasteiger partial charge in [0.25, 0.3) is 5.91 Å². The summed E-state index contributed by atoms with van der Waals surface area (Å²) in [5.41, 5.74) is 15.4. The van der Waals surface area contributed by atoms with E-state index in [2.05, 4.69) is 41.8 Å². The molecule has 1 unspecified atom stereocenters. The molecule has 9 nitrogen and oxygen atoms in total. The van der Waals surface area contributed by atoms with Crippen LogP contribution < -0.4 is 11.5 Å². The molecule has 0 bridgehead atoms. The van der Waals surface area contributed by atoms with E-state index in [0.717, 1.165) is 28.2 Å². The van der Waals surface area contributed by atoms with Gasteiger partial charge in [0.05, 0.1) is 31.2 Å². The lowest BCUT2D eigenvalue weighted by Gasteiger charge is -2.27. The molecule has 2 aromatic heterocycles. The average Bonchev–Trinajstić information content (AvgIpc) is 3.09. The van der Waals surface area contributed by atoms with Crippen LogP contribution in [0, 0.1) is 5.41 Å². The van der Waals surface area contributed by atoms with E-state index in [0.29, 0.717) is 55.7 Å². The molecule has 0 spiro atoms. The van der Waals surface area contributed by atoms with E-state index in [1.807, 2.05) is 26.1 Å². The predicted molar refractivity (Wildman–Crippen MR) is 167 cm³/mol. The Labute approximate surface area is 247 Å². The van der Waals surface area contributed by atoms with Crippen molar-refractivity contribution in [2.45, 2.75) is 57.1 Å². The molecule has 0 radical (unpaired) electrons. The fourth-order valence-electron chi connectivity index (χ4n) is 3.85. The Morgan fingerprint density at radius 1 is 1.15 bits per heavy atom. The molecule has 1 amide bonds. The Morgan fingerprint density at radius 2 is 1.90 bits per heavy atom. The van der Waals surface area contributed by atoms with Crippen LogP contribution in [0.2, 0.25) is 0 Å². The van der Waals surface area contributed by atoms with Gasteiger partial charge in [0.2, 0.25) is 0 Å². The lowest BCUT2D eigenvalue weighted by molar-refractivity contribution is -0.180. The number of hydrogen-bond donors (Lipinski definition) is 3. The molecular weight excluding hydrogens is 544 g/mol. The first-order valence-electron chi connectivity index (χ1n) is 13.5. The highest BCUT2D eigenvalue weighted by Gasteiger charge is 2.24. The minimum atomic E-state index is -0.320. The summed E-state index contributed by atoms with van der Waals surface area (Å²) in [6.45, 7) is 12.7. The maximum absolute atomic E-state index is 13.1. The first-order valence-corrected chi connectivity index (χ1v) is 15.0. The highest BCUT2D eigenvalue weighted by atomic mass is 32.2. The summed E-state index contributed by atoms with van der Waals surface area (Å²) in [6.07, 6.45) is 8.15. The Kier molecular flexibility index (Phi) is 11.6. The molecule has 3 rings (SSSR count). The number of thiol groups is 1. The van der Waals surface area contributed by atoms with Crippen LogP contribution in [0.1, 0.15) is 53.2 Å². The number of carbonyl (C=O) groups excluding carboxylic acids is 1. The van der Waals surface area contributed by atoms with E-state index in [1.165, 1.54) is 5.06 Å². The number of aliphatic imine (C=N–C) groups is 1. The number of hydrogen-bond acceptors (Lipinski definition) is 10. The predicted octanol–water partition coefficient (Wildman–Crippen LogP) is 4.89. The normalized spacial score (nSPS) is 15.0. The second kappa shape index (κ2) is 14.5. The minimum absolute atomic E-state index is 0.0579. The third-order valence-corrected chi connectivity index (χ3v) is 7.95. The van der Waals surface area contributed by atoms with Gasteiger partial charge in [0.15, 0.2) is 0 Å². The van der Waals surface area contributed by atoms with Gasteiger partial charge in [-0.25, -0.2) is 10.1 Å². The Balaban J connectivity index is 1.75. The van der Waals surface area contributed by atoms with Crippen LogP contribution >= 0.6 is 24.4 Å². The number of ether oxygens (including phenoxy) is 1. The second-order valence-corrected chi connectivity index (χ2v) is 13.1. The van der Waals surface area contributed by atoms with Crippen molar-refractivity contribution in [2.24, 2.45) is 21.9 Å². The van der Waals surface area contributed by atoms with Gasteiger partial charge < -0.3 is 16.2 Å². The van der Waals surface area contributed by atoms with Gasteiger partial charge >= 0.3 is 0 Å². The number of thioether (sulfide) groups is 1. The van der Waals surface area contributed by atoms with Crippen molar-refractivity contribution in [2.75, 3.05) is 38.7 Å². The number of pyridine rings is 2. The van der Waals surface area contributed by atoms with Crippen LogP contribution in [0.25, 0.3) is 17.2 Å². The van der Waals surface area contributed by atoms with Gasteiger partial charge in [-0.1, -0.05) is 20.8 Å². The van der Waals surface area contributed by atoms with Crippen LogP contribution in [0.15, 0.2) is 46.2 Å². The zero-order valence-corrected chi connectivity index (χ0v) is 25.9. The van der Waals surface area contributed by atoms with Crippen LogP contribution in [0.4, 0.5) is 5.69 Å². The third-order valence-electron chi connectivity index (χ3n) is 6.11. The van der Waals surface area contributed by atoms with E-state index in [-0.39, 0.29) is 22.5 Å². The van der Waals surface area contributed by atoms with E-state index in [4.69, 9.17) is 33.7 Å². The van der Waals surface area contributed by atoms with Gasteiger partial charge in [-0.05, 0) is 45.0 Å². The lowest BCUT2D eigenvalue weighted by Crippen LogP contribution is -2.34. The quantitative estimate of drug-likeness (QED) is 0.162. The largest absolute Gasteiger partial charge is 0.387 e. The zero-order chi connectivity index (χ0) is 29.3. The van der Waals surface area contributed by atoms with E-state index >= 15 is 0 Å². The number of amidine groups is 1. The molecule has 2 aromatic rings. The Bertz CT molecular complexity index is 1230. The molecule has 0 aromatic carbocycles. The smallest absolute Gasteiger partial charge is 0.273 e. The maximum atomic E-state index is 13.1. The molecule has 0 aliphatic carbocycles. The highest BCUT2D eigenvalue weighted by Crippen LogP contribution is 2.33. The summed E-state index contributed by atoms with van der Waals surface area (Å²) in [5, 5.41) is 1.39. The summed E-state index contributed by atoms with van der Waals surface area (Å²) in [6, 6.07) is 4.00. The van der Waals surface area contributed by atoms with Gasteiger partial charge in [-0.3, -0.25) is 19.6 Å². The van der Waals surface area contributed by atoms with Gasteiger partial charge in [0, 0.05) is 69.1 Å². The number of rotatable bonds is 14. The molecule has 4 N–H and O–H groups in total. The fraction of sp³-hybridized carbons (Fsp3) is 0.517. The summed E-state index contributed by atoms with van der Waals surface area (Å²) in [7, 11) is 0. The molecule has 40 heavy (non-hydrogen) atoms. The molecule has 0 saturated heterocycles. The molecule has 218 valence electrons. The molecule has 1 aliphatic heterocycles. The first-order chi connectivity index (χ1) is 19.0. The Morgan fingerprint density at radius 3 is 2.60 bits per heavy atom. The summed E-state index contributed by atoms with van der Waals surface area (Å²) in [4.78, 5) is 33.3. The second-order valence-electron chi connectivity index (χ2n) is 11.0. The van der Waals surface area contributed by atoms with Crippen molar-refractivity contribution in [3.8, 4) is 11.1 Å². The Hall–Kier alpha value is -2.44. The van der Waals surface area contributed by atoms with Crippen molar-refractivity contribution in [1.29, 1.82) is 0 Å². The van der Waals surface area contributed by atoms with Crippen molar-refractivity contribution in [1.82, 2.24) is 15.0 Å². The van der Waals surface area contributed by atoms with Crippen molar-refractivity contribution in [3.05, 3.63) is 42.0 Å². The number of nitrogens with two attached hydrogens (primary N) is 2. The third kappa shape index (κ3) is 9.31. The number of hydroxylamine groups is 2. The summed E-state index contributed by atoms with van der Waals surface area (Å²) >= 11 is 6.50. The summed E-state index contributed by atoms with van der Waals surface area (Å²) in [5.74, 6) is 0.864. The molecule has 3 heterocycles. The number of carbonyl (C=O) groups is 1. The maximum Gasteiger partial charge on any atom is 0.273 e. The van der Waals surface area contributed by atoms with Crippen molar-refractivity contribution < 1.29 is 14.4 Å². The van der Waals surface area contributed by atoms with Crippen molar-refractivity contribution in [3.63, 3.8) is 0 Å². The lowest BCUT2D eigenvalue weighted by atomic mass is 9.95. The highest BCUT2D eigenvalue weighted by molar-refractivity contribution is 8.00. The number of amides is 1. The monoisotopic (exact) mass is 586 g/mol.